The molecule has 1 heterocycles. The molecular weight excluding hydrogens is 178 g/mol. The molecular formula is C7H11NO3S. The van der Waals surface area contributed by atoms with Crippen LogP contribution in [0.25, 0.3) is 0 Å². The van der Waals surface area contributed by atoms with E-state index in [2.05, 4.69) is 10.1 Å². The molecule has 0 spiro atoms. The number of carbonyl (C=O) groups is 2. The Morgan fingerprint density at radius 1 is 1.67 bits per heavy atom. The maximum Gasteiger partial charge on any atom is 0.407 e. The molecule has 1 N–H and O–H groups in total. The molecule has 0 aliphatic carbocycles. The van der Waals surface area contributed by atoms with E-state index in [-0.39, 0.29) is 11.0 Å². The van der Waals surface area contributed by atoms with Gasteiger partial charge in [-0.05, 0) is 6.92 Å². The molecule has 1 aliphatic rings. The molecule has 12 heavy (non-hydrogen) atoms. The summed E-state index contributed by atoms with van der Waals surface area (Å²) in [5.41, 5.74) is 0. The zero-order chi connectivity index (χ0) is 9.14. The highest BCUT2D eigenvalue weighted by molar-refractivity contribution is 8.07. The van der Waals surface area contributed by atoms with E-state index in [1.165, 1.54) is 7.11 Å². The SMILES string of the molecule is COC(=O)NC(C)C(=O)C1CS1. The third-order valence-electron chi connectivity index (χ3n) is 1.60. The van der Waals surface area contributed by atoms with Crippen LogP contribution in [0.15, 0.2) is 0 Å². The van der Waals surface area contributed by atoms with Gasteiger partial charge in [-0.3, -0.25) is 4.79 Å². The maximum atomic E-state index is 11.3. The molecule has 1 rings (SSSR count). The van der Waals surface area contributed by atoms with Crippen molar-refractivity contribution in [3.8, 4) is 0 Å². The smallest absolute Gasteiger partial charge is 0.407 e. The quantitative estimate of drug-likeness (QED) is 0.653. The maximum absolute atomic E-state index is 11.3. The van der Waals surface area contributed by atoms with Crippen molar-refractivity contribution in [1.82, 2.24) is 5.32 Å². The molecule has 0 aromatic rings. The van der Waals surface area contributed by atoms with Crippen LogP contribution in [-0.4, -0.2) is 36.0 Å². The van der Waals surface area contributed by atoms with Crippen LogP contribution in [0.3, 0.4) is 0 Å². The number of Topliss-reactive ketones (excluding diaryl/α,β-unsaturated/α-hetero) is 1. The van der Waals surface area contributed by atoms with Crippen molar-refractivity contribution in [2.75, 3.05) is 12.9 Å². The van der Waals surface area contributed by atoms with E-state index in [0.717, 1.165) is 5.75 Å². The molecule has 5 heteroatoms. The second-order valence-corrected chi connectivity index (χ2v) is 3.82. The number of hydrogen-bond donors (Lipinski definition) is 1. The number of amides is 1. The zero-order valence-electron chi connectivity index (χ0n) is 6.99. The lowest BCUT2D eigenvalue weighted by molar-refractivity contribution is -0.119. The highest BCUT2D eigenvalue weighted by Gasteiger charge is 2.34. The molecule has 0 aromatic carbocycles. The van der Waals surface area contributed by atoms with Crippen LogP contribution in [0.5, 0.6) is 0 Å². The van der Waals surface area contributed by atoms with E-state index in [0.29, 0.717) is 0 Å². The topological polar surface area (TPSA) is 55.4 Å². The second kappa shape index (κ2) is 3.80. The van der Waals surface area contributed by atoms with Crippen LogP contribution < -0.4 is 5.32 Å². The number of hydrogen-bond acceptors (Lipinski definition) is 4. The molecule has 1 fully saturated rings. The summed E-state index contributed by atoms with van der Waals surface area (Å²) >= 11 is 1.60. The molecule has 0 saturated carbocycles. The summed E-state index contributed by atoms with van der Waals surface area (Å²) < 4.78 is 4.36. The highest BCUT2D eigenvalue weighted by Crippen LogP contribution is 2.31. The van der Waals surface area contributed by atoms with Crippen LogP contribution in [-0.2, 0) is 9.53 Å². The van der Waals surface area contributed by atoms with Gasteiger partial charge in [0.05, 0.1) is 18.4 Å². The van der Waals surface area contributed by atoms with E-state index in [9.17, 15) is 9.59 Å². The number of alkyl carbamates (subject to hydrolysis) is 1. The van der Waals surface area contributed by atoms with Crippen LogP contribution in [0.2, 0.25) is 0 Å². The van der Waals surface area contributed by atoms with Crippen LogP contribution in [0.4, 0.5) is 4.79 Å². The highest BCUT2D eigenvalue weighted by atomic mass is 32.2. The number of rotatable bonds is 3. The predicted molar refractivity (Wildman–Crippen MR) is 46.3 cm³/mol. The minimum atomic E-state index is -0.554. The number of carbonyl (C=O) groups excluding carboxylic acids is 2. The van der Waals surface area contributed by atoms with Crippen molar-refractivity contribution in [3.63, 3.8) is 0 Å². The Kier molecular flexibility index (Phi) is 2.97. The van der Waals surface area contributed by atoms with E-state index in [1.54, 1.807) is 18.7 Å². The zero-order valence-corrected chi connectivity index (χ0v) is 7.81. The van der Waals surface area contributed by atoms with Crippen molar-refractivity contribution in [2.45, 2.75) is 18.2 Å². The first-order chi connectivity index (χ1) is 5.65. The Hall–Kier alpha value is -0.710. The van der Waals surface area contributed by atoms with Crippen LogP contribution >= 0.6 is 11.8 Å². The average molecular weight is 189 g/mol. The first kappa shape index (κ1) is 9.38. The summed E-state index contributed by atoms with van der Waals surface area (Å²) in [4.78, 5) is 21.9. The summed E-state index contributed by atoms with van der Waals surface area (Å²) in [5.74, 6) is 0.955. The Labute approximate surface area is 75.0 Å². The molecule has 68 valence electrons. The molecule has 1 amide bonds. The number of ether oxygens (including phenoxy) is 1. The molecule has 2 atom stereocenters. The van der Waals surface area contributed by atoms with E-state index < -0.39 is 12.1 Å². The van der Waals surface area contributed by atoms with Crippen molar-refractivity contribution < 1.29 is 14.3 Å². The third kappa shape index (κ3) is 2.41. The molecule has 1 aliphatic heterocycles. The molecule has 0 bridgehead atoms. The van der Waals surface area contributed by atoms with Gasteiger partial charge >= 0.3 is 6.09 Å². The Morgan fingerprint density at radius 2 is 2.25 bits per heavy atom. The summed E-state index contributed by atoms with van der Waals surface area (Å²) in [6.45, 7) is 1.66. The molecule has 1 saturated heterocycles. The van der Waals surface area contributed by atoms with Crippen molar-refractivity contribution in [3.05, 3.63) is 0 Å². The Bertz CT molecular complexity index is 203. The fraction of sp³-hybridized carbons (Fsp3) is 0.714. The minimum Gasteiger partial charge on any atom is -0.453 e. The average Bonchev–Trinajstić information content (AvgIpc) is 2.85. The molecule has 2 unspecified atom stereocenters. The standard InChI is InChI=1S/C7H11NO3S/c1-4(8-7(10)11-2)6(9)5-3-12-5/h4-5H,3H2,1-2H3,(H,8,10). The van der Waals surface area contributed by atoms with Crippen LogP contribution in [0.1, 0.15) is 6.92 Å². The second-order valence-electron chi connectivity index (χ2n) is 2.58. The van der Waals surface area contributed by atoms with Gasteiger partial charge in [-0.1, -0.05) is 0 Å². The lowest BCUT2D eigenvalue weighted by Gasteiger charge is -2.09. The van der Waals surface area contributed by atoms with E-state index in [1.807, 2.05) is 0 Å². The largest absolute Gasteiger partial charge is 0.453 e. The van der Waals surface area contributed by atoms with Gasteiger partial charge in [0.25, 0.3) is 0 Å². The van der Waals surface area contributed by atoms with Gasteiger partial charge in [0.1, 0.15) is 0 Å². The third-order valence-corrected chi connectivity index (χ3v) is 2.50. The first-order valence-corrected chi connectivity index (χ1v) is 4.70. The summed E-state index contributed by atoms with van der Waals surface area (Å²) in [6.07, 6.45) is -0.554. The van der Waals surface area contributed by atoms with Crippen LogP contribution in [0, 0.1) is 0 Å². The predicted octanol–water partition coefficient (Wildman–Crippen LogP) is 0.415. The van der Waals surface area contributed by atoms with Crippen molar-refractivity contribution >= 4 is 23.6 Å². The summed E-state index contributed by atoms with van der Waals surface area (Å²) in [6, 6.07) is -0.433. The van der Waals surface area contributed by atoms with Gasteiger partial charge in [-0.25, -0.2) is 4.79 Å². The summed E-state index contributed by atoms with van der Waals surface area (Å²) in [7, 11) is 1.28. The molecule has 0 radical (unpaired) electrons. The fourth-order valence-electron chi connectivity index (χ4n) is 0.798. The molecule has 4 nitrogen and oxygen atoms in total. The van der Waals surface area contributed by atoms with Gasteiger partial charge in [0, 0.05) is 5.75 Å². The normalized spacial score (nSPS) is 22.7. The van der Waals surface area contributed by atoms with E-state index >= 15 is 0 Å². The molecule has 0 aromatic heterocycles. The fourth-order valence-corrected chi connectivity index (χ4v) is 1.43. The van der Waals surface area contributed by atoms with Gasteiger partial charge in [0.15, 0.2) is 5.78 Å². The lowest BCUT2D eigenvalue weighted by Crippen LogP contribution is -2.40. The number of ketones is 1. The Morgan fingerprint density at radius 3 is 2.67 bits per heavy atom. The van der Waals surface area contributed by atoms with E-state index in [4.69, 9.17) is 0 Å². The van der Waals surface area contributed by atoms with Gasteiger partial charge in [-0.2, -0.15) is 0 Å². The van der Waals surface area contributed by atoms with Crippen molar-refractivity contribution in [1.29, 1.82) is 0 Å². The monoisotopic (exact) mass is 189 g/mol. The van der Waals surface area contributed by atoms with Gasteiger partial charge in [-0.15, -0.1) is 11.8 Å². The summed E-state index contributed by atoms with van der Waals surface area (Å²) in [5, 5.41) is 2.52. The lowest BCUT2D eigenvalue weighted by atomic mass is 10.2. The van der Waals surface area contributed by atoms with Gasteiger partial charge in [0.2, 0.25) is 0 Å². The first-order valence-electron chi connectivity index (χ1n) is 3.65. The Balaban J connectivity index is 2.31. The number of methoxy groups -OCH3 is 1. The number of thioether (sulfide) groups is 1. The minimum absolute atomic E-state index is 0.0744. The number of nitrogens with one attached hydrogen (secondary N) is 1. The van der Waals surface area contributed by atoms with Crippen molar-refractivity contribution in [2.24, 2.45) is 0 Å². The van der Waals surface area contributed by atoms with Gasteiger partial charge < -0.3 is 10.1 Å².